The molecule has 0 fully saturated rings. The van der Waals surface area contributed by atoms with Crippen LogP contribution >= 0.6 is 0 Å². The molecule has 0 spiro atoms. The van der Waals surface area contributed by atoms with Crippen LogP contribution in [0.2, 0.25) is 0 Å². The molecule has 3 nitrogen and oxygen atoms in total. The number of hydrogen-bond acceptors (Lipinski definition) is 2. The molecule has 2 aromatic rings. The molecule has 1 unspecified atom stereocenters. The second-order valence-electron chi connectivity index (χ2n) is 5.52. The van der Waals surface area contributed by atoms with E-state index in [0.29, 0.717) is 13.1 Å². The number of hydrogen-bond donors (Lipinski definition) is 1. The van der Waals surface area contributed by atoms with Crippen molar-refractivity contribution in [1.82, 2.24) is 5.32 Å². The molecule has 0 aliphatic rings. The first-order valence-corrected chi connectivity index (χ1v) is 7.77. The molecule has 2 aromatic carbocycles. The van der Waals surface area contributed by atoms with E-state index in [0.717, 1.165) is 12.1 Å². The second kappa shape index (κ2) is 8.35. The highest BCUT2D eigenvalue weighted by Gasteiger charge is 2.21. The number of nitrogens with zero attached hydrogens (tertiary/aromatic N) is 1. The van der Waals surface area contributed by atoms with Gasteiger partial charge in [0.05, 0.1) is 0 Å². The summed E-state index contributed by atoms with van der Waals surface area (Å²) < 4.78 is 0. The van der Waals surface area contributed by atoms with Crippen LogP contribution in [0.3, 0.4) is 0 Å². The lowest BCUT2D eigenvalue weighted by Crippen LogP contribution is -2.39. The number of benzene rings is 2. The van der Waals surface area contributed by atoms with Crippen molar-refractivity contribution in [2.45, 2.75) is 13.3 Å². The largest absolute Gasteiger partial charge is 0.319 e. The van der Waals surface area contributed by atoms with Gasteiger partial charge in [0.15, 0.2) is 0 Å². The zero-order valence-electron chi connectivity index (χ0n) is 13.3. The minimum absolute atomic E-state index is 0.0408. The summed E-state index contributed by atoms with van der Waals surface area (Å²) >= 11 is 0. The SMILES string of the molecule is CNCC(C)C(=O)N(CCc1ccccc1)c1ccccc1. The zero-order valence-corrected chi connectivity index (χ0v) is 13.3. The van der Waals surface area contributed by atoms with E-state index in [1.54, 1.807) is 0 Å². The van der Waals surface area contributed by atoms with Crippen molar-refractivity contribution in [3.63, 3.8) is 0 Å². The predicted octanol–water partition coefficient (Wildman–Crippen LogP) is 3.12. The summed E-state index contributed by atoms with van der Waals surface area (Å²) in [5, 5.41) is 3.08. The van der Waals surface area contributed by atoms with Crippen molar-refractivity contribution in [1.29, 1.82) is 0 Å². The van der Waals surface area contributed by atoms with Gasteiger partial charge in [0.2, 0.25) is 5.91 Å². The Bertz CT molecular complexity index is 569. The van der Waals surface area contributed by atoms with E-state index < -0.39 is 0 Å². The van der Waals surface area contributed by atoms with Gasteiger partial charge in [-0.3, -0.25) is 4.79 Å². The van der Waals surface area contributed by atoms with Gasteiger partial charge in [-0.05, 0) is 31.2 Å². The van der Waals surface area contributed by atoms with Gasteiger partial charge in [-0.2, -0.15) is 0 Å². The van der Waals surface area contributed by atoms with E-state index >= 15 is 0 Å². The molecule has 0 radical (unpaired) electrons. The number of amides is 1. The Hall–Kier alpha value is -2.13. The lowest BCUT2D eigenvalue weighted by Gasteiger charge is -2.26. The fourth-order valence-corrected chi connectivity index (χ4v) is 2.52. The molecule has 1 N–H and O–H groups in total. The van der Waals surface area contributed by atoms with E-state index in [1.807, 2.05) is 67.4 Å². The Kier molecular flexibility index (Phi) is 6.16. The van der Waals surface area contributed by atoms with Crippen LogP contribution in [0.25, 0.3) is 0 Å². The molecule has 0 aromatic heterocycles. The smallest absolute Gasteiger partial charge is 0.231 e. The van der Waals surface area contributed by atoms with Crippen molar-refractivity contribution in [3.05, 3.63) is 66.2 Å². The van der Waals surface area contributed by atoms with E-state index in [4.69, 9.17) is 0 Å². The van der Waals surface area contributed by atoms with Gasteiger partial charge >= 0.3 is 0 Å². The molecule has 1 amide bonds. The molecule has 0 aliphatic carbocycles. The molecule has 0 bridgehead atoms. The second-order valence-corrected chi connectivity index (χ2v) is 5.52. The normalized spacial score (nSPS) is 11.9. The van der Waals surface area contributed by atoms with Gasteiger partial charge in [0.1, 0.15) is 0 Å². The molecule has 0 saturated carbocycles. The van der Waals surface area contributed by atoms with Crippen molar-refractivity contribution >= 4 is 11.6 Å². The fraction of sp³-hybridized carbons (Fsp3) is 0.316. The Labute approximate surface area is 133 Å². The highest BCUT2D eigenvalue weighted by Crippen LogP contribution is 2.17. The van der Waals surface area contributed by atoms with E-state index in [9.17, 15) is 4.79 Å². The van der Waals surface area contributed by atoms with Gasteiger partial charge < -0.3 is 10.2 Å². The van der Waals surface area contributed by atoms with Gasteiger partial charge in [-0.1, -0.05) is 55.5 Å². The summed E-state index contributed by atoms with van der Waals surface area (Å²) in [5.41, 5.74) is 2.21. The van der Waals surface area contributed by atoms with Crippen molar-refractivity contribution in [3.8, 4) is 0 Å². The summed E-state index contributed by atoms with van der Waals surface area (Å²) in [6, 6.07) is 20.2. The molecular formula is C19H24N2O. The van der Waals surface area contributed by atoms with Crippen LogP contribution in [-0.4, -0.2) is 26.0 Å². The van der Waals surface area contributed by atoms with E-state index in [2.05, 4.69) is 17.4 Å². The van der Waals surface area contributed by atoms with Crippen LogP contribution < -0.4 is 10.2 Å². The number of nitrogens with one attached hydrogen (secondary N) is 1. The number of anilines is 1. The quantitative estimate of drug-likeness (QED) is 0.851. The maximum atomic E-state index is 12.7. The highest BCUT2D eigenvalue weighted by atomic mass is 16.2. The van der Waals surface area contributed by atoms with Crippen molar-refractivity contribution < 1.29 is 4.79 Å². The van der Waals surface area contributed by atoms with Crippen molar-refractivity contribution in [2.24, 2.45) is 5.92 Å². The van der Waals surface area contributed by atoms with Gasteiger partial charge in [-0.25, -0.2) is 0 Å². The number of carbonyl (C=O) groups excluding carboxylic acids is 1. The summed E-state index contributed by atoms with van der Waals surface area (Å²) in [7, 11) is 1.88. The molecule has 116 valence electrons. The lowest BCUT2D eigenvalue weighted by molar-refractivity contribution is -0.121. The predicted molar refractivity (Wildman–Crippen MR) is 92.0 cm³/mol. The van der Waals surface area contributed by atoms with Crippen LogP contribution in [0.1, 0.15) is 12.5 Å². The minimum atomic E-state index is -0.0408. The molecule has 22 heavy (non-hydrogen) atoms. The van der Waals surface area contributed by atoms with Crippen LogP contribution in [0.5, 0.6) is 0 Å². The molecule has 0 saturated heterocycles. The summed E-state index contributed by atoms with van der Waals surface area (Å²) in [6.45, 7) is 3.35. The Morgan fingerprint density at radius 3 is 2.23 bits per heavy atom. The molecule has 3 heteroatoms. The Morgan fingerprint density at radius 1 is 1.05 bits per heavy atom. The molecule has 2 rings (SSSR count). The monoisotopic (exact) mass is 296 g/mol. The van der Waals surface area contributed by atoms with Crippen molar-refractivity contribution in [2.75, 3.05) is 25.0 Å². The van der Waals surface area contributed by atoms with Crippen LogP contribution in [0, 0.1) is 5.92 Å². The van der Waals surface area contributed by atoms with Gasteiger partial charge in [-0.15, -0.1) is 0 Å². The van der Waals surface area contributed by atoms with E-state index in [-0.39, 0.29) is 11.8 Å². The summed E-state index contributed by atoms with van der Waals surface area (Å²) in [6.07, 6.45) is 0.855. The van der Waals surface area contributed by atoms with Gasteiger partial charge in [0.25, 0.3) is 0 Å². The molecule has 1 atom stereocenters. The standard InChI is InChI=1S/C19H24N2O/c1-16(15-20-2)19(22)21(18-11-7-4-8-12-18)14-13-17-9-5-3-6-10-17/h3-12,16,20H,13-15H2,1-2H3. The average Bonchev–Trinajstić information content (AvgIpc) is 2.57. The van der Waals surface area contributed by atoms with Crippen LogP contribution in [0.4, 0.5) is 5.69 Å². The fourth-order valence-electron chi connectivity index (χ4n) is 2.52. The third-order valence-electron chi connectivity index (χ3n) is 3.73. The average molecular weight is 296 g/mol. The number of para-hydroxylation sites is 1. The Balaban J connectivity index is 2.13. The van der Waals surface area contributed by atoms with Crippen LogP contribution in [-0.2, 0) is 11.2 Å². The molecule has 0 aliphatic heterocycles. The number of carbonyl (C=O) groups is 1. The first-order valence-electron chi connectivity index (χ1n) is 7.77. The van der Waals surface area contributed by atoms with E-state index in [1.165, 1.54) is 5.56 Å². The summed E-state index contributed by atoms with van der Waals surface area (Å²) in [5.74, 6) is 0.123. The number of rotatable bonds is 7. The maximum Gasteiger partial charge on any atom is 0.231 e. The topological polar surface area (TPSA) is 32.3 Å². The third-order valence-corrected chi connectivity index (χ3v) is 3.73. The third kappa shape index (κ3) is 4.43. The molecule has 0 heterocycles. The van der Waals surface area contributed by atoms with Gasteiger partial charge in [0, 0.05) is 24.7 Å². The first-order chi connectivity index (χ1) is 10.7. The minimum Gasteiger partial charge on any atom is -0.319 e. The maximum absolute atomic E-state index is 12.7. The summed E-state index contributed by atoms with van der Waals surface area (Å²) in [4.78, 5) is 14.6. The lowest BCUT2D eigenvalue weighted by atomic mass is 10.1. The molecular weight excluding hydrogens is 272 g/mol. The zero-order chi connectivity index (χ0) is 15.8. The Morgan fingerprint density at radius 2 is 1.64 bits per heavy atom. The van der Waals surface area contributed by atoms with Crippen LogP contribution in [0.15, 0.2) is 60.7 Å². The first kappa shape index (κ1) is 16.2. The highest BCUT2D eigenvalue weighted by molar-refractivity contribution is 5.95.